The van der Waals surface area contributed by atoms with E-state index in [4.69, 9.17) is 11.6 Å². The molecule has 2 aromatic rings. The fourth-order valence-electron chi connectivity index (χ4n) is 1.68. The Bertz CT molecular complexity index is 476. The number of rotatable bonds is 4. The largest absolute Gasteiger partial charge is 0.348 e. The number of H-pyrrole nitrogens is 1. The third-order valence-corrected chi connectivity index (χ3v) is 3.13. The third kappa shape index (κ3) is 3.08. The molecule has 0 saturated heterocycles. The highest BCUT2D eigenvalue weighted by Gasteiger charge is 2.06. The molecule has 0 bridgehead atoms. The summed E-state index contributed by atoms with van der Waals surface area (Å²) in [6.45, 7) is 4.92. The van der Waals surface area contributed by atoms with Crippen LogP contribution in [0.1, 0.15) is 29.9 Å². The minimum atomic E-state index is 0.281. The number of nitrogens with one attached hydrogen (secondary N) is 2. The Morgan fingerprint density at radius 2 is 2.06 bits per heavy atom. The number of aromatic amines is 1. The summed E-state index contributed by atoms with van der Waals surface area (Å²) in [4.78, 5) is 7.33. The van der Waals surface area contributed by atoms with Crippen LogP contribution in [0.5, 0.6) is 0 Å². The molecule has 0 aliphatic rings. The summed E-state index contributed by atoms with van der Waals surface area (Å²) in [6, 6.07) is 8.18. The molecule has 2 N–H and O–H groups in total. The van der Waals surface area contributed by atoms with E-state index in [0.29, 0.717) is 0 Å². The molecule has 17 heavy (non-hydrogen) atoms. The highest BCUT2D eigenvalue weighted by molar-refractivity contribution is 6.30. The molecule has 0 amide bonds. The van der Waals surface area contributed by atoms with Gasteiger partial charge in [0.05, 0.1) is 12.0 Å². The Kier molecular flexibility index (Phi) is 3.82. The van der Waals surface area contributed by atoms with Crippen LogP contribution in [0.4, 0.5) is 0 Å². The van der Waals surface area contributed by atoms with E-state index in [1.807, 2.05) is 31.2 Å². The first-order valence-corrected chi connectivity index (χ1v) is 6.02. The molecule has 0 aliphatic carbocycles. The Morgan fingerprint density at radius 3 is 2.65 bits per heavy atom. The minimum Gasteiger partial charge on any atom is -0.348 e. The molecule has 1 aromatic heterocycles. The van der Waals surface area contributed by atoms with E-state index in [0.717, 1.165) is 23.0 Å². The molecule has 0 fully saturated rings. The summed E-state index contributed by atoms with van der Waals surface area (Å²) >= 11 is 5.86. The van der Waals surface area contributed by atoms with Gasteiger partial charge in [-0.2, -0.15) is 0 Å². The van der Waals surface area contributed by atoms with Gasteiger partial charge in [-0.3, -0.25) is 0 Å². The molecule has 90 valence electrons. The van der Waals surface area contributed by atoms with Crippen molar-refractivity contribution in [3.05, 3.63) is 52.6 Å². The molecule has 4 heteroatoms. The van der Waals surface area contributed by atoms with Crippen LogP contribution in [-0.4, -0.2) is 9.97 Å². The first-order chi connectivity index (χ1) is 8.16. The standard InChI is InChI=1S/C13H16ClN3/c1-9(11-3-5-12(14)6-4-11)15-7-13-10(2)16-8-17-13/h3-6,8-9,15H,7H2,1-2H3,(H,16,17). The SMILES string of the molecule is Cc1[nH]cnc1CNC(C)c1ccc(Cl)cc1. The fourth-order valence-corrected chi connectivity index (χ4v) is 1.81. The maximum Gasteiger partial charge on any atom is 0.0925 e. The average Bonchev–Trinajstić information content (AvgIpc) is 2.73. The second-order valence-electron chi connectivity index (χ2n) is 4.13. The van der Waals surface area contributed by atoms with E-state index in [9.17, 15) is 0 Å². The van der Waals surface area contributed by atoms with Gasteiger partial charge in [0.25, 0.3) is 0 Å². The van der Waals surface area contributed by atoms with Crippen LogP contribution in [0.15, 0.2) is 30.6 Å². The highest BCUT2D eigenvalue weighted by atomic mass is 35.5. The molecule has 1 atom stereocenters. The maximum atomic E-state index is 5.86. The van der Waals surface area contributed by atoms with Crippen molar-refractivity contribution in [1.82, 2.24) is 15.3 Å². The summed E-state index contributed by atoms with van der Waals surface area (Å²) in [7, 11) is 0. The van der Waals surface area contributed by atoms with Crippen molar-refractivity contribution < 1.29 is 0 Å². The Hall–Kier alpha value is -1.32. The molecular weight excluding hydrogens is 234 g/mol. The molecule has 1 unspecified atom stereocenters. The van der Waals surface area contributed by atoms with E-state index in [1.54, 1.807) is 6.33 Å². The van der Waals surface area contributed by atoms with Gasteiger partial charge < -0.3 is 10.3 Å². The van der Waals surface area contributed by atoms with Crippen molar-refractivity contribution in [2.24, 2.45) is 0 Å². The lowest BCUT2D eigenvalue weighted by atomic mass is 10.1. The van der Waals surface area contributed by atoms with Gasteiger partial charge in [0.1, 0.15) is 0 Å². The maximum absolute atomic E-state index is 5.86. The molecule has 0 aliphatic heterocycles. The van der Waals surface area contributed by atoms with Gasteiger partial charge in [0.2, 0.25) is 0 Å². The lowest BCUT2D eigenvalue weighted by Gasteiger charge is -2.13. The molecule has 3 nitrogen and oxygen atoms in total. The number of aromatic nitrogens is 2. The fraction of sp³-hybridized carbons (Fsp3) is 0.308. The zero-order valence-electron chi connectivity index (χ0n) is 10.00. The van der Waals surface area contributed by atoms with Crippen LogP contribution >= 0.6 is 11.6 Å². The van der Waals surface area contributed by atoms with Gasteiger partial charge >= 0.3 is 0 Å². The molecule has 1 heterocycles. The van der Waals surface area contributed by atoms with E-state index in [2.05, 4.69) is 22.2 Å². The second kappa shape index (κ2) is 5.34. The van der Waals surface area contributed by atoms with Crippen LogP contribution in [-0.2, 0) is 6.54 Å². The second-order valence-corrected chi connectivity index (χ2v) is 4.56. The predicted octanol–water partition coefficient (Wildman–Crippen LogP) is 3.22. The average molecular weight is 250 g/mol. The summed E-state index contributed by atoms with van der Waals surface area (Å²) in [5.41, 5.74) is 3.40. The van der Waals surface area contributed by atoms with Gasteiger partial charge in [-0.05, 0) is 31.5 Å². The van der Waals surface area contributed by atoms with Gasteiger partial charge in [-0.1, -0.05) is 23.7 Å². The van der Waals surface area contributed by atoms with Gasteiger partial charge in [0.15, 0.2) is 0 Å². The van der Waals surface area contributed by atoms with Crippen molar-refractivity contribution in [3.8, 4) is 0 Å². The molecule has 1 aromatic carbocycles. The molecule has 0 saturated carbocycles. The first-order valence-electron chi connectivity index (χ1n) is 5.64. The lowest BCUT2D eigenvalue weighted by molar-refractivity contribution is 0.567. The van der Waals surface area contributed by atoms with E-state index in [-0.39, 0.29) is 6.04 Å². The van der Waals surface area contributed by atoms with Crippen LogP contribution in [0, 0.1) is 6.92 Å². The monoisotopic (exact) mass is 249 g/mol. The normalized spacial score (nSPS) is 12.6. The van der Waals surface area contributed by atoms with Crippen molar-refractivity contribution in [3.63, 3.8) is 0 Å². The number of nitrogens with zero attached hydrogens (tertiary/aromatic N) is 1. The topological polar surface area (TPSA) is 40.7 Å². The number of benzene rings is 1. The zero-order valence-corrected chi connectivity index (χ0v) is 10.8. The quantitative estimate of drug-likeness (QED) is 0.874. The van der Waals surface area contributed by atoms with Crippen LogP contribution in [0.2, 0.25) is 5.02 Å². The number of hydrogen-bond donors (Lipinski definition) is 2. The summed E-state index contributed by atoms with van der Waals surface area (Å²) in [5.74, 6) is 0. The van der Waals surface area contributed by atoms with Crippen molar-refractivity contribution in [2.45, 2.75) is 26.4 Å². The lowest BCUT2D eigenvalue weighted by Crippen LogP contribution is -2.18. The minimum absolute atomic E-state index is 0.281. The van der Waals surface area contributed by atoms with Crippen LogP contribution < -0.4 is 5.32 Å². The van der Waals surface area contributed by atoms with Gasteiger partial charge in [-0.25, -0.2) is 4.98 Å². The summed E-state index contributed by atoms with van der Waals surface area (Å²) in [5, 5.41) is 4.20. The molecular formula is C13H16ClN3. The van der Waals surface area contributed by atoms with Crippen LogP contribution in [0.25, 0.3) is 0 Å². The van der Waals surface area contributed by atoms with Crippen molar-refractivity contribution in [2.75, 3.05) is 0 Å². The van der Waals surface area contributed by atoms with Crippen molar-refractivity contribution >= 4 is 11.6 Å². The Labute approximate surface area is 106 Å². The molecule has 2 rings (SSSR count). The highest BCUT2D eigenvalue weighted by Crippen LogP contribution is 2.16. The first kappa shape index (κ1) is 12.1. The Balaban J connectivity index is 1.95. The predicted molar refractivity (Wildman–Crippen MR) is 70.0 cm³/mol. The number of imidazole rings is 1. The number of aryl methyl sites for hydroxylation is 1. The summed E-state index contributed by atoms with van der Waals surface area (Å²) in [6.07, 6.45) is 1.72. The smallest absolute Gasteiger partial charge is 0.0925 e. The van der Waals surface area contributed by atoms with E-state index < -0.39 is 0 Å². The Morgan fingerprint density at radius 1 is 1.35 bits per heavy atom. The van der Waals surface area contributed by atoms with E-state index >= 15 is 0 Å². The zero-order chi connectivity index (χ0) is 12.3. The van der Waals surface area contributed by atoms with Crippen molar-refractivity contribution in [1.29, 1.82) is 0 Å². The number of hydrogen-bond acceptors (Lipinski definition) is 2. The van der Waals surface area contributed by atoms with Gasteiger partial charge in [0, 0.05) is 23.3 Å². The molecule has 0 radical (unpaired) electrons. The summed E-state index contributed by atoms with van der Waals surface area (Å²) < 4.78 is 0. The number of halogens is 1. The molecule has 0 spiro atoms. The third-order valence-electron chi connectivity index (χ3n) is 2.88. The van der Waals surface area contributed by atoms with Crippen LogP contribution in [0.3, 0.4) is 0 Å². The van der Waals surface area contributed by atoms with E-state index in [1.165, 1.54) is 5.56 Å². The van der Waals surface area contributed by atoms with Gasteiger partial charge in [-0.15, -0.1) is 0 Å².